The number of hydrogen-bond donors (Lipinski definition) is 1. The Bertz CT molecular complexity index is 741. The first-order valence-electron chi connectivity index (χ1n) is 8.08. The summed E-state index contributed by atoms with van der Waals surface area (Å²) in [6.45, 7) is 1.20. The van der Waals surface area contributed by atoms with Crippen molar-refractivity contribution in [2.45, 2.75) is 6.10 Å². The molecule has 132 valence electrons. The Morgan fingerprint density at radius 3 is 3.04 bits per heavy atom. The van der Waals surface area contributed by atoms with Crippen molar-refractivity contribution in [3.63, 3.8) is 0 Å². The number of nitrogens with one attached hydrogen (secondary N) is 1. The first-order chi connectivity index (χ1) is 12.2. The highest BCUT2D eigenvalue weighted by molar-refractivity contribution is 5.78. The van der Waals surface area contributed by atoms with Crippen LogP contribution in [0.5, 0.6) is 5.75 Å². The third-order valence-electron chi connectivity index (χ3n) is 3.93. The van der Waals surface area contributed by atoms with Crippen molar-refractivity contribution >= 4 is 11.7 Å². The molecular weight excluding hydrogens is 325 g/mol. The zero-order valence-corrected chi connectivity index (χ0v) is 13.9. The lowest BCUT2D eigenvalue weighted by Crippen LogP contribution is -2.44. The van der Waals surface area contributed by atoms with Gasteiger partial charge in [0.05, 0.1) is 18.8 Å². The van der Waals surface area contributed by atoms with Crippen molar-refractivity contribution < 1.29 is 18.7 Å². The third-order valence-corrected chi connectivity index (χ3v) is 3.93. The number of ether oxygens (including phenoxy) is 2. The molecule has 7 heteroatoms. The summed E-state index contributed by atoms with van der Waals surface area (Å²) in [5, 5.41) is 2.99. The number of amides is 1. The molecule has 1 atom stereocenters. The van der Waals surface area contributed by atoms with E-state index in [0.717, 1.165) is 11.5 Å². The zero-order chi connectivity index (χ0) is 17.6. The van der Waals surface area contributed by atoms with Gasteiger partial charge in [-0.05, 0) is 24.3 Å². The minimum Gasteiger partial charge on any atom is -0.484 e. The van der Waals surface area contributed by atoms with E-state index in [1.54, 1.807) is 24.1 Å². The van der Waals surface area contributed by atoms with Gasteiger partial charge >= 0.3 is 0 Å². The van der Waals surface area contributed by atoms with E-state index in [1.807, 2.05) is 18.2 Å². The van der Waals surface area contributed by atoms with Crippen molar-refractivity contribution in [1.82, 2.24) is 9.88 Å². The largest absolute Gasteiger partial charge is 0.484 e. The van der Waals surface area contributed by atoms with Crippen LogP contribution in [0.4, 0.5) is 10.2 Å². The fraction of sp³-hybridized carbons (Fsp3) is 0.333. The maximum atomic E-state index is 13.1. The average Bonchev–Trinajstić information content (AvgIpc) is 2.66. The second-order valence-corrected chi connectivity index (χ2v) is 5.64. The molecule has 1 N–H and O–H groups in total. The van der Waals surface area contributed by atoms with Gasteiger partial charge in [0.15, 0.2) is 6.61 Å². The Morgan fingerprint density at radius 2 is 2.24 bits per heavy atom. The van der Waals surface area contributed by atoms with E-state index in [0.29, 0.717) is 25.4 Å². The maximum Gasteiger partial charge on any atom is 0.260 e. The van der Waals surface area contributed by atoms with Gasteiger partial charge in [0.1, 0.15) is 23.5 Å². The van der Waals surface area contributed by atoms with Crippen LogP contribution >= 0.6 is 0 Å². The van der Waals surface area contributed by atoms with Crippen LogP contribution in [0.3, 0.4) is 0 Å². The first-order valence-corrected chi connectivity index (χ1v) is 8.08. The lowest BCUT2D eigenvalue weighted by molar-refractivity contribution is -0.141. The van der Waals surface area contributed by atoms with Gasteiger partial charge in [-0.2, -0.15) is 0 Å². The topological polar surface area (TPSA) is 63.7 Å². The number of carbonyl (C=O) groups is 1. The predicted molar refractivity (Wildman–Crippen MR) is 91.0 cm³/mol. The van der Waals surface area contributed by atoms with E-state index in [1.165, 1.54) is 12.1 Å². The summed E-state index contributed by atoms with van der Waals surface area (Å²) in [7, 11) is 1.80. The predicted octanol–water partition coefficient (Wildman–Crippen LogP) is 2.24. The van der Waals surface area contributed by atoms with E-state index < -0.39 is 5.82 Å². The quantitative estimate of drug-likeness (QED) is 0.900. The molecule has 2 aromatic rings. The maximum absolute atomic E-state index is 13.1. The molecule has 0 bridgehead atoms. The van der Waals surface area contributed by atoms with Crippen molar-refractivity contribution in [2.75, 3.05) is 38.7 Å². The highest BCUT2D eigenvalue weighted by atomic mass is 19.1. The van der Waals surface area contributed by atoms with E-state index in [9.17, 15) is 9.18 Å². The van der Waals surface area contributed by atoms with Crippen LogP contribution in [0.15, 0.2) is 42.5 Å². The molecule has 1 aromatic carbocycles. The average molecular weight is 345 g/mol. The number of nitrogens with zero attached hydrogens (tertiary/aromatic N) is 2. The molecular formula is C18H20FN3O3. The summed E-state index contributed by atoms with van der Waals surface area (Å²) < 4.78 is 24.3. The van der Waals surface area contributed by atoms with E-state index in [2.05, 4.69) is 10.3 Å². The molecule has 0 aliphatic carbocycles. The molecule has 0 spiro atoms. The molecule has 3 rings (SSSR count). The van der Waals surface area contributed by atoms with Gasteiger partial charge in [0.2, 0.25) is 0 Å². The van der Waals surface area contributed by atoms with E-state index >= 15 is 0 Å². The van der Waals surface area contributed by atoms with Gasteiger partial charge in [-0.15, -0.1) is 0 Å². The number of rotatable bonds is 5. The summed E-state index contributed by atoms with van der Waals surface area (Å²) in [5.41, 5.74) is 0.774. The smallest absolute Gasteiger partial charge is 0.260 e. The van der Waals surface area contributed by atoms with Crippen LogP contribution in [-0.2, 0) is 9.53 Å². The number of anilines is 1. The number of halogens is 1. The number of carbonyl (C=O) groups excluding carboxylic acids is 1. The van der Waals surface area contributed by atoms with E-state index in [-0.39, 0.29) is 18.6 Å². The van der Waals surface area contributed by atoms with Crippen molar-refractivity contribution in [1.29, 1.82) is 0 Å². The molecule has 1 aliphatic rings. The fourth-order valence-corrected chi connectivity index (χ4v) is 2.62. The van der Waals surface area contributed by atoms with E-state index in [4.69, 9.17) is 9.47 Å². The molecule has 1 amide bonds. The molecule has 6 nitrogen and oxygen atoms in total. The third kappa shape index (κ3) is 4.45. The fourth-order valence-electron chi connectivity index (χ4n) is 2.62. The molecule has 0 saturated carbocycles. The number of hydrogen-bond acceptors (Lipinski definition) is 5. The Labute approximate surface area is 145 Å². The van der Waals surface area contributed by atoms with Crippen molar-refractivity contribution in [3.8, 4) is 5.75 Å². The van der Waals surface area contributed by atoms with Gasteiger partial charge in [-0.3, -0.25) is 4.79 Å². The minimum absolute atomic E-state index is 0.139. The van der Waals surface area contributed by atoms with Gasteiger partial charge in [-0.25, -0.2) is 9.37 Å². The summed E-state index contributed by atoms with van der Waals surface area (Å²) in [6, 6.07) is 11.4. The number of aromatic nitrogens is 1. The van der Waals surface area contributed by atoms with Crippen molar-refractivity contribution in [2.24, 2.45) is 0 Å². The monoisotopic (exact) mass is 345 g/mol. The zero-order valence-electron chi connectivity index (χ0n) is 13.9. The number of benzene rings is 1. The van der Waals surface area contributed by atoms with Crippen molar-refractivity contribution in [3.05, 3.63) is 54.0 Å². The van der Waals surface area contributed by atoms with Gasteiger partial charge in [0, 0.05) is 19.7 Å². The normalized spacial score (nSPS) is 17.2. The molecule has 1 aliphatic heterocycles. The van der Waals surface area contributed by atoms with Crippen LogP contribution in [0.25, 0.3) is 0 Å². The first kappa shape index (κ1) is 17.2. The second-order valence-electron chi connectivity index (χ2n) is 5.64. The van der Waals surface area contributed by atoms with Crippen LogP contribution < -0.4 is 10.1 Å². The number of pyridine rings is 1. The van der Waals surface area contributed by atoms with Gasteiger partial charge in [-0.1, -0.05) is 12.1 Å². The molecule has 1 aromatic heterocycles. The lowest BCUT2D eigenvalue weighted by atomic mass is 10.2. The molecule has 0 unspecified atom stereocenters. The van der Waals surface area contributed by atoms with Crippen LogP contribution in [0.2, 0.25) is 0 Å². The lowest BCUT2D eigenvalue weighted by Gasteiger charge is -2.32. The summed E-state index contributed by atoms with van der Waals surface area (Å²) in [5.74, 6) is 0.523. The summed E-state index contributed by atoms with van der Waals surface area (Å²) in [4.78, 5) is 18.5. The molecule has 1 saturated heterocycles. The second kappa shape index (κ2) is 7.94. The highest BCUT2D eigenvalue weighted by Crippen LogP contribution is 2.22. The summed E-state index contributed by atoms with van der Waals surface area (Å²) >= 11 is 0. The van der Waals surface area contributed by atoms with Crippen LogP contribution in [0, 0.1) is 5.82 Å². The van der Waals surface area contributed by atoms with Gasteiger partial charge < -0.3 is 19.7 Å². The highest BCUT2D eigenvalue weighted by Gasteiger charge is 2.26. The molecule has 25 heavy (non-hydrogen) atoms. The molecule has 0 radical (unpaired) electrons. The van der Waals surface area contributed by atoms with Crippen LogP contribution in [0.1, 0.15) is 11.8 Å². The van der Waals surface area contributed by atoms with Crippen LogP contribution in [-0.4, -0.2) is 49.1 Å². The SMILES string of the molecule is CNc1cccc([C@H]2CN(C(=O)COc3cccc(F)c3)CCO2)n1. The molecule has 1 fully saturated rings. The Balaban J connectivity index is 1.59. The Kier molecular flexibility index (Phi) is 5.45. The minimum atomic E-state index is -0.396. The molecule has 2 heterocycles. The summed E-state index contributed by atoms with van der Waals surface area (Å²) in [6.07, 6.45) is -0.278. The standard InChI is InChI=1S/C18H20FN3O3/c1-20-17-7-3-6-15(21-17)16-11-22(8-9-24-16)18(23)12-25-14-5-2-4-13(19)10-14/h2-7,10,16H,8-9,11-12H2,1H3,(H,20,21)/t16-/m1/s1. The number of morpholine rings is 1. The Morgan fingerprint density at radius 1 is 1.40 bits per heavy atom. The Hall–Kier alpha value is -2.67. The van der Waals surface area contributed by atoms with Gasteiger partial charge in [0.25, 0.3) is 5.91 Å².